The van der Waals surface area contributed by atoms with E-state index in [0.29, 0.717) is 25.4 Å². The quantitative estimate of drug-likeness (QED) is 0.691. The highest BCUT2D eigenvalue weighted by molar-refractivity contribution is 5.93. The van der Waals surface area contributed by atoms with Crippen LogP contribution >= 0.6 is 0 Å². The maximum Gasteiger partial charge on any atom is 0.274 e. The van der Waals surface area contributed by atoms with Gasteiger partial charge < -0.3 is 9.64 Å². The lowest BCUT2D eigenvalue weighted by Gasteiger charge is -2.41. The Bertz CT molecular complexity index is 1020. The van der Waals surface area contributed by atoms with Gasteiger partial charge >= 0.3 is 0 Å². The van der Waals surface area contributed by atoms with Crippen LogP contribution in [0.2, 0.25) is 0 Å². The van der Waals surface area contributed by atoms with E-state index >= 15 is 0 Å². The Hall–Kier alpha value is -2.92. The molecule has 0 radical (unpaired) electrons. The van der Waals surface area contributed by atoms with Crippen LogP contribution in [0.3, 0.4) is 0 Å². The number of para-hydroxylation sites is 1. The molecule has 1 fully saturated rings. The fourth-order valence-electron chi connectivity index (χ4n) is 4.46. The van der Waals surface area contributed by atoms with Gasteiger partial charge in [0.2, 0.25) is 0 Å². The summed E-state index contributed by atoms with van der Waals surface area (Å²) in [5.41, 5.74) is 4.56. The number of nitrogens with zero attached hydrogens (tertiary/aromatic N) is 3. The predicted octanol–water partition coefficient (Wildman–Crippen LogP) is 3.49. The second kappa shape index (κ2) is 6.60. The Balaban J connectivity index is 1.43. The molecule has 0 bridgehead atoms. The lowest BCUT2D eigenvalue weighted by molar-refractivity contribution is -0.104. The summed E-state index contributed by atoms with van der Waals surface area (Å²) in [6.45, 7) is 3.68. The molecular weight excluding hydrogens is 350 g/mol. The van der Waals surface area contributed by atoms with Gasteiger partial charge in [0, 0.05) is 18.3 Å². The zero-order valence-electron chi connectivity index (χ0n) is 16.0. The Morgan fingerprint density at radius 1 is 1.11 bits per heavy atom. The van der Waals surface area contributed by atoms with Crippen molar-refractivity contribution in [1.82, 2.24) is 14.7 Å². The number of aromatic nitrogens is 2. The van der Waals surface area contributed by atoms with E-state index in [2.05, 4.69) is 29.4 Å². The summed E-state index contributed by atoms with van der Waals surface area (Å²) in [6, 6.07) is 18.3. The third kappa shape index (κ3) is 2.74. The van der Waals surface area contributed by atoms with Crippen molar-refractivity contribution in [2.45, 2.75) is 25.4 Å². The number of carbonyl (C=O) groups excluding carboxylic acids is 1. The normalized spacial score (nSPS) is 21.1. The molecule has 1 aliphatic heterocycles. The largest absolute Gasteiger partial charge is 0.367 e. The zero-order chi connectivity index (χ0) is 19.1. The van der Waals surface area contributed by atoms with Crippen molar-refractivity contribution in [3.8, 4) is 5.69 Å². The summed E-state index contributed by atoms with van der Waals surface area (Å²) >= 11 is 0. The third-order valence-electron chi connectivity index (χ3n) is 5.90. The Labute approximate surface area is 164 Å². The van der Waals surface area contributed by atoms with E-state index in [0.717, 1.165) is 24.1 Å². The lowest BCUT2D eigenvalue weighted by atomic mass is 9.93. The smallest absolute Gasteiger partial charge is 0.274 e. The number of carbonyl (C=O) groups is 1. The minimum absolute atomic E-state index is 0.0146. The van der Waals surface area contributed by atoms with Gasteiger partial charge in [-0.05, 0) is 43.0 Å². The van der Waals surface area contributed by atoms with E-state index in [1.807, 2.05) is 48.4 Å². The number of hydrogen-bond acceptors (Lipinski definition) is 3. The van der Waals surface area contributed by atoms with Crippen LogP contribution in [0.5, 0.6) is 0 Å². The zero-order valence-corrected chi connectivity index (χ0v) is 16.0. The molecular formula is C23H23N3O2. The summed E-state index contributed by atoms with van der Waals surface area (Å²) < 4.78 is 8.04. The van der Waals surface area contributed by atoms with Crippen LogP contribution < -0.4 is 0 Å². The molecule has 5 rings (SSSR count). The number of ether oxygens (including phenoxy) is 1. The fourth-order valence-corrected chi connectivity index (χ4v) is 4.46. The van der Waals surface area contributed by atoms with E-state index < -0.39 is 0 Å². The fraction of sp³-hybridized carbons (Fsp3) is 0.304. The van der Waals surface area contributed by atoms with Crippen LogP contribution in [0.1, 0.15) is 33.6 Å². The maximum atomic E-state index is 13.3. The second-order valence-electron chi connectivity index (χ2n) is 7.67. The third-order valence-corrected chi connectivity index (χ3v) is 5.90. The Morgan fingerprint density at radius 3 is 2.75 bits per heavy atom. The van der Waals surface area contributed by atoms with Gasteiger partial charge in [0.05, 0.1) is 18.8 Å². The van der Waals surface area contributed by atoms with E-state index in [4.69, 9.17) is 4.74 Å². The highest BCUT2D eigenvalue weighted by atomic mass is 16.5. The first kappa shape index (κ1) is 17.2. The van der Waals surface area contributed by atoms with Gasteiger partial charge in [-0.3, -0.25) is 4.79 Å². The second-order valence-corrected chi connectivity index (χ2v) is 7.67. The van der Waals surface area contributed by atoms with Crippen molar-refractivity contribution in [2.75, 3.05) is 19.7 Å². The molecule has 0 saturated carbocycles. The molecule has 28 heavy (non-hydrogen) atoms. The maximum absolute atomic E-state index is 13.3. The first-order valence-electron chi connectivity index (χ1n) is 9.80. The van der Waals surface area contributed by atoms with E-state index in [9.17, 15) is 4.79 Å². The van der Waals surface area contributed by atoms with Crippen molar-refractivity contribution < 1.29 is 9.53 Å². The summed E-state index contributed by atoms with van der Waals surface area (Å²) in [4.78, 5) is 15.2. The van der Waals surface area contributed by atoms with Crippen LogP contribution in [0, 0.1) is 6.92 Å². The lowest BCUT2D eigenvalue weighted by Crippen LogP contribution is -2.51. The molecule has 1 saturated heterocycles. The predicted molar refractivity (Wildman–Crippen MR) is 107 cm³/mol. The van der Waals surface area contributed by atoms with Crippen LogP contribution in [-0.4, -0.2) is 40.3 Å². The molecule has 5 heteroatoms. The minimum Gasteiger partial charge on any atom is -0.367 e. The number of fused-ring (bicyclic) bond motifs is 2. The molecule has 5 nitrogen and oxygen atoms in total. The molecule has 2 aliphatic rings. The molecule has 1 aromatic heterocycles. The molecule has 0 N–H and O–H groups in total. The average molecular weight is 373 g/mol. The SMILES string of the molecule is Cc1cn(-c2ccccc2)nc1C(=O)N1CCOC2(CCc3ccccc32)C1. The molecule has 3 aromatic rings. The number of morpholine rings is 1. The Morgan fingerprint density at radius 2 is 1.89 bits per heavy atom. The summed E-state index contributed by atoms with van der Waals surface area (Å²) in [5, 5.41) is 4.60. The van der Waals surface area contributed by atoms with Crippen LogP contribution in [-0.2, 0) is 16.8 Å². The van der Waals surface area contributed by atoms with Crippen LogP contribution in [0.15, 0.2) is 60.8 Å². The molecule has 1 aliphatic carbocycles. The van der Waals surface area contributed by atoms with Gasteiger partial charge in [0.1, 0.15) is 5.60 Å². The van der Waals surface area contributed by atoms with Crippen molar-refractivity contribution in [3.63, 3.8) is 0 Å². The highest BCUT2D eigenvalue weighted by Crippen LogP contribution is 2.42. The van der Waals surface area contributed by atoms with Crippen molar-refractivity contribution >= 4 is 5.91 Å². The van der Waals surface area contributed by atoms with Gasteiger partial charge in [-0.15, -0.1) is 0 Å². The molecule has 2 heterocycles. The first-order chi connectivity index (χ1) is 13.7. The minimum atomic E-state index is -0.375. The molecule has 1 unspecified atom stereocenters. The van der Waals surface area contributed by atoms with Crippen LogP contribution in [0.4, 0.5) is 0 Å². The number of aryl methyl sites for hydroxylation is 2. The molecule has 142 valence electrons. The van der Waals surface area contributed by atoms with Gasteiger partial charge in [-0.25, -0.2) is 4.68 Å². The molecule has 1 atom stereocenters. The standard InChI is InChI=1S/C23H23N3O2/c1-17-15-26(19-8-3-2-4-9-19)24-21(17)22(27)25-13-14-28-23(16-25)12-11-18-7-5-6-10-20(18)23/h2-10,15H,11-14,16H2,1H3. The topological polar surface area (TPSA) is 47.4 Å². The van der Waals surface area contributed by atoms with Crippen molar-refractivity contribution in [3.05, 3.63) is 83.2 Å². The number of hydrogen-bond donors (Lipinski definition) is 0. The monoisotopic (exact) mass is 373 g/mol. The van der Waals surface area contributed by atoms with Gasteiger partial charge in [0.25, 0.3) is 5.91 Å². The highest BCUT2D eigenvalue weighted by Gasteiger charge is 2.44. The summed E-state index contributed by atoms with van der Waals surface area (Å²) in [6.07, 6.45) is 3.84. The Kier molecular flexibility index (Phi) is 4.05. The van der Waals surface area contributed by atoms with Gasteiger partial charge in [-0.2, -0.15) is 5.10 Å². The van der Waals surface area contributed by atoms with E-state index in [1.54, 1.807) is 4.68 Å². The van der Waals surface area contributed by atoms with E-state index in [-0.39, 0.29) is 11.5 Å². The molecule has 2 aromatic carbocycles. The van der Waals surface area contributed by atoms with Gasteiger partial charge in [-0.1, -0.05) is 42.5 Å². The number of amides is 1. The first-order valence-corrected chi connectivity index (χ1v) is 9.80. The molecule has 1 amide bonds. The van der Waals surface area contributed by atoms with Crippen molar-refractivity contribution in [1.29, 1.82) is 0 Å². The summed E-state index contributed by atoms with van der Waals surface area (Å²) in [7, 11) is 0. The molecule has 1 spiro atoms. The average Bonchev–Trinajstić information content (AvgIpc) is 3.30. The summed E-state index contributed by atoms with van der Waals surface area (Å²) in [5.74, 6) is -0.0146. The van der Waals surface area contributed by atoms with Crippen LogP contribution in [0.25, 0.3) is 5.69 Å². The van der Waals surface area contributed by atoms with E-state index in [1.165, 1.54) is 11.1 Å². The number of rotatable bonds is 2. The van der Waals surface area contributed by atoms with Gasteiger partial charge in [0.15, 0.2) is 5.69 Å². The van der Waals surface area contributed by atoms with Crippen molar-refractivity contribution in [2.24, 2.45) is 0 Å². The number of benzene rings is 2.